The minimum atomic E-state index is -0.400. The predicted molar refractivity (Wildman–Crippen MR) is 88.4 cm³/mol. The van der Waals surface area contributed by atoms with E-state index in [1.807, 2.05) is 54.6 Å². The van der Waals surface area contributed by atoms with Crippen molar-refractivity contribution in [1.29, 1.82) is 0 Å². The van der Waals surface area contributed by atoms with Crippen LogP contribution in [0, 0.1) is 0 Å². The van der Waals surface area contributed by atoms with Crippen LogP contribution in [-0.2, 0) is 9.53 Å². The van der Waals surface area contributed by atoms with Gasteiger partial charge in [0.1, 0.15) is 11.5 Å². The second-order valence-corrected chi connectivity index (χ2v) is 4.60. The summed E-state index contributed by atoms with van der Waals surface area (Å²) in [6.07, 6.45) is 0.155. The molecule has 0 aliphatic carbocycles. The van der Waals surface area contributed by atoms with Crippen molar-refractivity contribution in [3.05, 3.63) is 60.2 Å². The van der Waals surface area contributed by atoms with Gasteiger partial charge in [-0.2, -0.15) is 0 Å². The molecule has 1 atom stereocenters. The van der Waals surface area contributed by atoms with Gasteiger partial charge in [-0.1, -0.05) is 30.3 Å². The minimum absolute atomic E-state index is 0. The summed E-state index contributed by atoms with van der Waals surface area (Å²) in [7, 11) is 0. The average molecular weight is 322 g/mol. The first-order valence-corrected chi connectivity index (χ1v) is 6.93. The molecule has 0 saturated carbocycles. The Kier molecular flexibility index (Phi) is 7.43. The molecule has 0 heterocycles. The van der Waals surface area contributed by atoms with E-state index in [0.717, 1.165) is 11.3 Å². The third-order valence-corrected chi connectivity index (χ3v) is 2.96. The van der Waals surface area contributed by atoms with Gasteiger partial charge in [-0.3, -0.25) is 4.79 Å². The zero-order valence-corrected chi connectivity index (χ0v) is 13.2. The van der Waals surface area contributed by atoms with E-state index in [1.54, 1.807) is 6.92 Å². The number of hydrogen-bond acceptors (Lipinski definition) is 4. The zero-order valence-electron chi connectivity index (χ0n) is 12.4. The van der Waals surface area contributed by atoms with Gasteiger partial charge in [0.05, 0.1) is 13.0 Å². The molecule has 2 aromatic rings. The van der Waals surface area contributed by atoms with Crippen LogP contribution in [0.25, 0.3) is 0 Å². The first kappa shape index (κ1) is 18.0. The fourth-order valence-corrected chi connectivity index (χ4v) is 1.95. The molecule has 0 amide bonds. The van der Waals surface area contributed by atoms with Gasteiger partial charge in [0, 0.05) is 6.04 Å². The quantitative estimate of drug-likeness (QED) is 0.821. The number of carbonyl (C=O) groups excluding carboxylic acids is 1. The molecule has 118 valence electrons. The van der Waals surface area contributed by atoms with Gasteiger partial charge in [0.25, 0.3) is 0 Å². The molecule has 2 rings (SSSR count). The highest BCUT2D eigenvalue weighted by atomic mass is 35.5. The predicted octanol–water partition coefficient (Wildman–Crippen LogP) is 3.85. The van der Waals surface area contributed by atoms with Gasteiger partial charge in [-0.25, -0.2) is 0 Å². The number of hydrogen-bond donors (Lipinski definition) is 1. The fourth-order valence-electron chi connectivity index (χ4n) is 1.95. The van der Waals surface area contributed by atoms with Gasteiger partial charge in [-0.05, 0) is 36.8 Å². The Morgan fingerprint density at radius 3 is 2.45 bits per heavy atom. The van der Waals surface area contributed by atoms with E-state index >= 15 is 0 Å². The monoisotopic (exact) mass is 321 g/mol. The number of rotatable bonds is 6. The van der Waals surface area contributed by atoms with Gasteiger partial charge in [0.2, 0.25) is 0 Å². The molecule has 0 bridgehead atoms. The third kappa shape index (κ3) is 5.39. The highest BCUT2D eigenvalue weighted by molar-refractivity contribution is 5.85. The van der Waals surface area contributed by atoms with E-state index in [1.165, 1.54) is 0 Å². The SMILES string of the molecule is CCOC(=O)C[C@H](N)c1cccc(Oc2ccccc2)c1.Cl. The number of carbonyl (C=O) groups is 1. The van der Waals surface area contributed by atoms with Crippen LogP contribution in [-0.4, -0.2) is 12.6 Å². The summed E-state index contributed by atoms with van der Waals surface area (Å²) in [5.74, 6) is 1.16. The molecule has 5 heteroatoms. The molecule has 0 radical (unpaired) electrons. The van der Waals surface area contributed by atoms with E-state index in [9.17, 15) is 4.79 Å². The molecule has 22 heavy (non-hydrogen) atoms. The van der Waals surface area contributed by atoms with Gasteiger partial charge >= 0.3 is 5.97 Å². The maximum atomic E-state index is 11.5. The van der Waals surface area contributed by atoms with Crippen molar-refractivity contribution in [2.45, 2.75) is 19.4 Å². The number of benzene rings is 2. The number of para-hydroxylation sites is 1. The second kappa shape index (κ2) is 9.07. The summed E-state index contributed by atoms with van der Waals surface area (Å²) in [6.45, 7) is 2.14. The van der Waals surface area contributed by atoms with E-state index in [2.05, 4.69) is 0 Å². The van der Waals surface area contributed by atoms with Crippen LogP contribution in [0.2, 0.25) is 0 Å². The van der Waals surface area contributed by atoms with Crippen LogP contribution in [0.15, 0.2) is 54.6 Å². The molecular formula is C17H20ClNO3. The van der Waals surface area contributed by atoms with Crippen LogP contribution < -0.4 is 10.5 Å². The Morgan fingerprint density at radius 2 is 1.77 bits per heavy atom. The molecular weight excluding hydrogens is 302 g/mol. The lowest BCUT2D eigenvalue weighted by molar-refractivity contribution is -0.143. The summed E-state index contributed by atoms with van der Waals surface area (Å²) in [4.78, 5) is 11.5. The Hall–Kier alpha value is -2.04. The van der Waals surface area contributed by atoms with E-state index in [4.69, 9.17) is 15.2 Å². The van der Waals surface area contributed by atoms with Crippen molar-refractivity contribution in [3.8, 4) is 11.5 Å². The summed E-state index contributed by atoms with van der Waals surface area (Å²) in [5.41, 5.74) is 6.88. The fraction of sp³-hybridized carbons (Fsp3) is 0.235. The van der Waals surface area contributed by atoms with E-state index in [-0.39, 0.29) is 24.8 Å². The Bertz CT molecular complexity index is 589. The van der Waals surface area contributed by atoms with Crippen molar-refractivity contribution in [2.75, 3.05) is 6.61 Å². The van der Waals surface area contributed by atoms with Crippen molar-refractivity contribution in [2.24, 2.45) is 5.73 Å². The topological polar surface area (TPSA) is 61.5 Å². The summed E-state index contributed by atoms with van der Waals surface area (Å²) < 4.78 is 10.7. The average Bonchev–Trinajstić information content (AvgIpc) is 2.49. The molecule has 0 aliphatic heterocycles. The first-order valence-electron chi connectivity index (χ1n) is 6.93. The standard InChI is InChI=1S/C17H19NO3.ClH/c1-2-20-17(19)12-16(18)13-7-6-10-15(11-13)21-14-8-4-3-5-9-14;/h3-11,16H,2,12,18H2,1H3;1H/t16-;/m0./s1. The first-order chi connectivity index (χ1) is 10.2. The number of ether oxygens (including phenoxy) is 2. The smallest absolute Gasteiger partial charge is 0.307 e. The largest absolute Gasteiger partial charge is 0.466 e. The third-order valence-electron chi connectivity index (χ3n) is 2.96. The molecule has 0 spiro atoms. The number of halogens is 1. The minimum Gasteiger partial charge on any atom is -0.466 e. The summed E-state index contributed by atoms with van der Waals surface area (Å²) >= 11 is 0. The summed E-state index contributed by atoms with van der Waals surface area (Å²) in [5, 5.41) is 0. The molecule has 2 aromatic carbocycles. The molecule has 2 N–H and O–H groups in total. The lowest BCUT2D eigenvalue weighted by Crippen LogP contribution is -2.17. The van der Waals surface area contributed by atoms with Crippen LogP contribution in [0.4, 0.5) is 0 Å². The molecule has 0 aromatic heterocycles. The number of nitrogens with two attached hydrogens (primary N) is 1. The molecule has 0 saturated heterocycles. The highest BCUT2D eigenvalue weighted by Gasteiger charge is 2.13. The van der Waals surface area contributed by atoms with Gasteiger partial charge in [-0.15, -0.1) is 12.4 Å². The van der Waals surface area contributed by atoms with Gasteiger partial charge in [0.15, 0.2) is 0 Å². The van der Waals surface area contributed by atoms with Crippen molar-refractivity contribution in [1.82, 2.24) is 0 Å². The van der Waals surface area contributed by atoms with Gasteiger partial charge < -0.3 is 15.2 Å². The normalized spacial score (nSPS) is 11.2. The lowest BCUT2D eigenvalue weighted by Gasteiger charge is -2.13. The van der Waals surface area contributed by atoms with Crippen LogP contribution in [0.1, 0.15) is 24.9 Å². The molecule has 0 aliphatic rings. The van der Waals surface area contributed by atoms with Crippen LogP contribution >= 0.6 is 12.4 Å². The zero-order chi connectivity index (χ0) is 15.1. The summed E-state index contributed by atoms with van der Waals surface area (Å²) in [6, 6.07) is 16.5. The van der Waals surface area contributed by atoms with E-state index < -0.39 is 6.04 Å². The Balaban J connectivity index is 0.00000242. The van der Waals surface area contributed by atoms with E-state index in [0.29, 0.717) is 12.4 Å². The highest BCUT2D eigenvalue weighted by Crippen LogP contribution is 2.24. The number of esters is 1. The van der Waals surface area contributed by atoms with Crippen LogP contribution in [0.3, 0.4) is 0 Å². The second-order valence-electron chi connectivity index (χ2n) is 4.60. The molecule has 0 unspecified atom stereocenters. The Morgan fingerprint density at radius 1 is 1.09 bits per heavy atom. The van der Waals surface area contributed by atoms with Crippen molar-refractivity contribution < 1.29 is 14.3 Å². The van der Waals surface area contributed by atoms with Crippen molar-refractivity contribution >= 4 is 18.4 Å². The molecule has 0 fully saturated rings. The van der Waals surface area contributed by atoms with Crippen LogP contribution in [0.5, 0.6) is 11.5 Å². The van der Waals surface area contributed by atoms with Crippen molar-refractivity contribution in [3.63, 3.8) is 0 Å². The maximum Gasteiger partial charge on any atom is 0.307 e. The Labute approximate surface area is 136 Å². The maximum absolute atomic E-state index is 11.5. The lowest BCUT2D eigenvalue weighted by atomic mass is 10.0. The molecule has 4 nitrogen and oxygen atoms in total.